The Labute approximate surface area is 125 Å². The van der Waals surface area contributed by atoms with E-state index in [9.17, 15) is 9.50 Å². The molecule has 0 atom stereocenters. The van der Waals surface area contributed by atoms with Gasteiger partial charge in [-0.15, -0.1) is 0 Å². The Bertz CT molecular complexity index is 525. The van der Waals surface area contributed by atoms with Crippen molar-refractivity contribution < 1.29 is 9.50 Å². The van der Waals surface area contributed by atoms with Gasteiger partial charge in [-0.3, -0.25) is 9.80 Å². The van der Waals surface area contributed by atoms with Crippen molar-refractivity contribution in [2.45, 2.75) is 26.0 Å². The van der Waals surface area contributed by atoms with Gasteiger partial charge in [-0.25, -0.2) is 4.39 Å². The number of hydrogen-bond donors (Lipinski definition) is 1. The highest BCUT2D eigenvalue weighted by Crippen LogP contribution is 2.15. The van der Waals surface area contributed by atoms with Crippen molar-refractivity contribution in [2.75, 3.05) is 32.7 Å². The third kappa shape index (κ3) is 4.78. The lowest BCUT2D eigenvalue weighted by atomic mass is 10.1. The fraction of sp³-hybridized carbons (Fsp3) is 0.562. The second kappa shape index (κ2) is 6.52. The molecule has 0 aliphatic carbocycles. The van der Waals surface area contributed by atoms with Crippen LogP contribution in [-0.2, 0) is 6.54 Å². The Morgan fingerprint density at radius 2 is 1.86 bits per heavy atom. The topological polar surface area (TPSA) is 50.5 Å². The van der Waals surface area contributed by atoms with Crippen LogP contribution in [0.5, 0.6) is 0 Å². The number of β-amino-alcohol motifs (C(OH)–C–C–N with tert-alkyl or cyclic N) is 1. The van der Waals surface area contributed by atoms with Crippen molar-refractivity contribution in [1.29, 1.82) is 5.26 Å². The number of nitrogens with zero attached hydrogens (tertiary/aromatic N) is 3. The van der Waals surface area contributed by atoms with E-state index in [1.807, 2.05) is 19.9 Å². The van der Waals surface area contributed by atoms with Gasteiger partial charge >= 0.3 is 0 Å². The lowest BCUT2D eigenvalue weighted by molar-refractivity contribution is 0.0165. The van der Waals surface area contributed by atoms with E-state index < -0.39 is 5.60 Å². The van der Waals surface area contributed by atoms with E-state index in [2.05, 4.69) is 9.80 Å². The predicted octanol–water partition coefficient (Wildman–Crippen LogP) is 1.59. The number of rotatable bonds is 4. The average Bonchev–Trinajstić information content (AvgIpc) is 2.41. The van der Waals surface area contributed by atoms with Crippen molar-refractivity contribution in [3.63, 3.8) is 0 Å². The first-order valence-corrected chi connectivity index (χ1v) is 7.23. The number of hydrogen-bond acceptors (Lipinski definition) is 4. The van der Waals surface area contributed by atoms with Gasteiger partial charge in [0.15, 0.2) is 0 Å². The van der Waals surface area contributed by atoms with Gasteiger partial charge in [0.05, 0.1) is 17.2 Å². The van der Waals surface area contributed by atoms with Crippen LogP contribution >= 0.6 is 0 Å². The van der Waals surface area contributed by atoms with Crippen LogP contribution in [-0.4, -0.2) is 53.2 Å². The van der Waals surface area contributed by atoms with Crippen LogP contribution in [0.3, 0.4) is 0 Å². The van der Waals surface area contributed by atoms with Crippen LogP contribution in [0.2, 0.25) is 0 Å². The molecule has 1 aromatic rings. The molecule has 0 unspecified atom stereocenters. The largest absolute Gasteiger partial charge is 0.389 e. The zero-order valence-electron chi connectivity index (χ0n) is 12.6. The van der Waals surface area contributed by atoms with Gasteiger partial charge in [-0.1, -0.05) is 6.07 Å². The standard InChI is InChI=1S/C16H22FN3O/c1-16(2,21)12-20-7-5-19(6-8-20)11-14-4-3-13(10-18)9-15(14)17/h3-4,9,21H,5-8,11-12H2,1-2H3. The lowest BCUT2D eigenvalue weighted by Gasteiger charge is -2.37. The van der Waals surface area contributed by atoms with Crippen molar-refractivity contribution in [2.24, 2.45) is 0 Å². The molecule has 21 heavy (non-hydrogen) atoms. The van der Waals surface area contributed by atoms with E-state index in [0.717, 1.165) is 26.2 Å². The van der Waals surface area contributed by atoms with E-state index in [4.69, 9.17) is 5.26 Å². The average molecular weight is 291 g/mol. The SMILES string of the molecule is CC(C)(O)CN1CCN(Cc2ccc(C#N)cc2F)CC1. The number of benzene rings is 1. The van der Waals surface area contributed by atoms with Gasteiger partial charge in [0.25, 0.3) is 0 Å². The summed E-state index contributed by atoms with van der Waals surface area (Å²) in [5.74, 6) is -0.312. The minimum Gasteiger partial charge on any atom is -0.389 e. The molecular formula is C16H22FN3O. The van der Waals surface area contributed by atoms with Crippen LogP contribution in [0, 0.1) is 17.1 Å². The van der Waals surface area contributed by atoms with E-state index in [-0.39, 0.29) is 5.82 Å². The molecule has 0 saturated carbocycles. The summed E-state index contributed by atoms with van der Waals surface area (Å²) in [5.41, 5.74) is 0.303. The van der Waals surface area contributed by atoms with Crippen molar-refractivity contribution >= 4 is 0 Å². The van der Waals surface area contributed by atoms with Crippen LogP contribution in [0.25, 0.3) is 0 Å². The van der Waals surface area contributed by atoms with Gasteiger partial charge in [0, 0.05) is 44.8 Å². The molecule has 1 aliphatic rings. The summed E-state index contributed by atoms with van der Waals surface area (Å²) < 4.78 is 13.9. The highest BCUT2D eigenvalue weighted by atomic mass is 19.1. The van der Waals surface area contributed by atoms with Crippen LogP contribution in [0.15, 0.2) is 18.2 Å². The molecule has 1 saturated heterocycles. The van der Waals surface area contributed by atoms with E-state index in [1.54, 1.807) is 12.1 Å². The summed E-state index contributed by atoms with van der Waals surface area (Å²) >= 11 is 0. The Hall–Kier alpha value is -1.48. The number of piperazine rings is 1. The highest BCUT2D eigenvalue weighted by molar-refractivity contribution is 5.32. The monoisotopic (exact) mass is 291 g/mol. The van der Waals surface area contributed by atoms with Gasteiger partial charge in [-0.2, -0.15) is 5.26 Å². The first kappa shape index (κ1) is 15.9. The number of nitriles is 1. The van der Waals surface area contributed by atoms with E-state index in [1.165, 1.54) is 6.07 Å². The maximum absolute atomic E-state index is 13.9. The highest BCUT2D eigenvalue weighted by Gasteiger charge is 2.23. The smallest absolute Gasteiger partial charge is 0.129 e. The molecule has 1 N–H and O–H groups in total. The van der Waals surface area contributed by atoms with Crippen LogP contribution < -0.4 is 0 Å². The molecule has 0 spiro atoms. The van der Waals surface area contributed by atoms with Crippen LogP contribution in [0.4, 0.5) is 4.39 Å². The Morgan fingerprint density at radius 1 is 1.24 bits per heavy atom. The summed E-state index contributed by atoms with van der Waals surface area (Å²) in [6, 6.07) is 6.58. The molecule has 0 radical (unpaired) electrons. The number of aliphatic hydroxyl groups is 1. The molecule has 1 aromatic carbocycles. The summed E-state index contributed by atoms with van der Waals surface area (Å²) in [6.07, 6.45) is 0. The van der Waals surface area contributed by atoms with Crippen molar-refractivity contribution in [3.05, 3.63) is 35.1 Å². The molecule has 1 fully saturated rings. The Morgan fingerprint density at radius 3 is 2.38 bits per heavy atom. The van der Waals surface area contributed by atoms with E-state index >= 15 is 0 Å². The Kier molecular flexibility index (Phi) is 4.94. The maximum Gasteiger partial charge on any atom is 0.129 e. The van der Waals surface area contributed by atoms with Crippen molar-refractivity contribution in [1.82, 2.24) is 9.80 Å². The van der Waals surface area contributed by atoms with Crippen molar-refractivity contribution in [3.8, 4) is 6.07 Å². The normalized spacial score (nSPS) is 17.7. The predicted molar refractivity (Wildman–Crippen MR) is 79.1 cm³/mol. The number of halogens is 1. The van der Waals surface area contributed by atoms with Gasteiger partial charge in [0.1, 0.15) is 5.82 Å². The summed E-state index contributed by atoms with van der Waals surface area (Å²) in [4.78, 5) is 4.43. The third-order valence-corrected chi connectivity index (χ3v) is 3.65. The zero-order valence-corrected chi connectivity index (χ0v) is 12.6. The van der Waals surface area contributed by atoms with Crippen LogP contribution in [0.1, 0.15) is 25.0 Å². The van der Waals surface area contributed by atoms with Gasteiger partial charge < -0.3 is 5.11 Å². The summed E-state index contributed by atoms with van der Waals surface area (Å²) in [7, 11) is 0. The minimum absolute atomic E-state index is 0.312. The minimum atomic E-state index is -0.679. The zero-order chi connectivity index (χ0) is 15.5. The lowest BCUT2D eigenvalue weighted by Crippen LogP contribution is -2.50. The molecule has 1 aliphatic heterocycles. The molecule has 1 heterocycles. The summed E-state index contributed by atoms with van der Waals surface area (Å²) in [5, 5.41) is 18.6. The molecular weight excluding hydrogens is 269 g/mol. The fourth-order valence-corrected chi connectivity index (χ4v) is 2.64. The molecule has 4 nitrogen and oxygen atoms in total. The Balaban J connectivity index is 1.88. The quantitative estimate of drug-likeness (QED) is 0.915. The molecule has 114 valence electrons. The first-order chi connectivity index (χ1) is 9.87. The van der Waals surface area contributed by atoms with Gasteiger partial charge in [-0.05, 0) is 26.0 Å². The second-order valence-corrected chi connectivity index (χ2v) is 6.28. The van der Waals surface area contributed by atoms with E-state index in [0.29, 0.717) is 24.2 Å². The third-order valence-electron chi connectivity index (χ3n) is 3.65. The maximum atomic E-state index is 13.9. The molecule has 0 bridgehead atoms. The van der Waals surface area contributed by atoms with Gasteiger partial charge in [0.2, 0.25) is 0 Å². The fourth-order valence-electron chi connectivity index (χ4n) is 2.64. The second-order valence-electron chi connectivity index (χ2n) is 6.28. The first-order valence-electron chi connectivity index (χ1n) is 7.23. The molecule has 0 amide bonds. The molecule has 0 aromatic heterocycles. The summed E-state index contributed by atoms with van der Waals surface area (Å²) in [6.45, 7) is 8.31. The molecule has 2 rings (SSSR count). The molecule has 5 heteroatoms.